The molecule has 166 valence electrons. The zero-order valence-corrected chi connectivity index (χ0v) is 19.8. The lowest BCUT2D eigenvalue weighted by Gasteiger charge is -2.34. The average Bonchev–Trinajstić information content (AvgIpc) is 2.92. The van der Waals surface area contributed by atoms with Crippen LogP contribution in [0, 0.1) is 0 Å². The number of hydrogen-bond donors (Lipinski definition) is 0. The van der Waals surface area contributed by atoms with Crippen molar-refractivity contribution in [2.24, 2.45) is 0 Å². The summed E-state index contributed by atoms with van der Waals surface area (Å²) in [7, 11) is 0. The first kappa shape index (κ1) is 20.2. The van der Waals surface area contributed by atoms with Crippen molar-refractivity contribution in [3.05, 3.63) is 137 Å². The van der Waals surface area contributed by atoms with E-state index in [1.807, 2.05) is 24.3 Å². The van der Waals surface area contributed by atoms with Gasteiger partial charge in [-0.1, -0.05) is 72.8 Å². The normalized spacial score (nSPS) is 12.5. The molecule has 0 amide bonds. The van der Waals surface area contributed by atoms with Gasteiger partial charge in [-0.2, -0.15) is 0 Å². The lowest BCUT2D eigenvalue weighted by molar-refractivity contribution is 1.09. The van der Waals surface area contributed by atoms with Gasteiger partial charge in [0.25, 0.3) is 0 Å². The van der Waals surface area contributed by atoms with Crippen LogP contribution in [-0.4, -0.2) is 0 Å². The largest absolute Gasteiger partial charge is 0.309 e. The second-order valence-corrected chi connectivity index (χ2v) is 10.0. The maximum absolute atomic E-state index is 13.4. The van der Waals surface area contributed by atoms with Crippen LogP contribution in [0.3, 0.4) is 0 Å². The van der Waals surface area contributed by atoms with Crippen LogP contribution in [0.4, 0.5) is 17.1 Å². The van der Waals surface area contributed by atoms with Gasteiger partial charge >= 0.3 is 0 Å². The van der Waals surface area contributed by atoms with Crippen LogP contribution in [0.2, 0.25) is 0 Å². The standard InChI is InChI=1S/C32H21NOS/c34-32-25-12-4-8-16-30(25)35-31-18-17-21(20-26(31)32)24-11-3-7-15-29(24)33-27-13-5-1-9-22(27)19-23-10-2-6-14-28(23)33/h1-18,20H,19H2. The number of benzene rings is 5. The molecule has 3 heteroatoms. The molecule has 0 spiro atoms. The fourth-order valence-corrected chi connectivity index (χ4v) is 6.29. The van der Waals surface area contributed by atoms with Gasteiger partial charge in [0, 0.05) is 43.5 Å². The Morgan fingerprint density at radius 3 is 1.94 bits per heavy atom. The van der Waals surface area contributed by atoms with Crippen LogP contribution >= 0.6 is 11.3 Å². The fraction of sp³-hybridized carbons (Fsp3) is 0.0312. The summed E-state index contributed by atoms with van der Waals surface area (Å²) in [4.78, 5) is 15.8. The van der Waals surface area contributed by atoms with Gasteiger partial charge < -0.3 is 4.90 Å². The minimum Gasteiger partial charge on any atom is -0.309 e. The average molecular weight is 468 g/mol. The first-order valence-corrected chi connectivity index (χ1v) is 12.6. The van der Waals surface area contributed by atoms with Gasteiger partial charge in [-0.25, -0.2) is 0 Å². The van der Waals surface area contributed by atoms with Crippen LogP contribution in [-0.2, 0) is 6.42 Å². The summed E-state index contributed by atoms with van der Waals surface area (Å²) in [6.45, 7) is 0. The van der Waals surface area contributed by atoms with Gasteiger partial charge in [0.05, 0.1) is 5.69 Å². The topological polar surface area (TPSA) is 20.3 Å². The van der Waals surface area contributed by atoms with Gasteiger partial charge in [0.15, 0.2) is 5.43 Å². The number of rotatable bonds is 2. The minimum atomic E-state index is 0.0994. The van der Waals surface area contributed by atoms with Crippen LogP contribution in [0.1, 0.15) is 11.1 Å². The zero-order valence-electron chi connectivity index (χ0n) is 18.9. The van der Waals surface area contributed by atoms with Gasteiger partial charge in [-0.3, -0.25) is 4.79 Å². The number of para-hydroxylation sites is 3. The monoisotopic (exact) mass is 467 g/mol. The van der Waals surface area contributed by atoms with Crippen molar-refractivity contribution in [3.8, 4) is 11.1 Å². The predicted molar refractivity (Wildman–Crippen MR) is 149 cm³/mol. The summed E-state index contributed by atoms with van der Waals surface area (Å²) in [6.07, 6.45) is 0.926. The van der Waals surface area contributed by atoms with Gasteiger partial charge in [0.2, 0.25) is 0 Å². The summed E-state index contributed by atoms with van der Waals surface area (Å²) in [6, 6.07) is 40.0. The molecular weight excluding hydrogens is 446 g/mol. The number of hydrogen-bond acceptors (Lipinski definition) is 3. The fourth-order valence-electron chi connectivity index (χ4n) is 5.23. The molecule has 0 fully saturated rings. The molecule has 0 aliphatic carbocycles. The molecule has 6 aromatic rings. The number of fused-ring (bicyclic) bond motifs is 4. The molecule has 1 aromatic heterocycles. The zero-order chi connectivity index (χ0) is 23.4. The van der Waals surface area contributed by atoms with Crippen molar-refractivity contribution < 1.29 is 0 Å². The molecule has 7 rings (SSSR count). The van der Waals surface area contributed by atoms with Gasteiger partial charge in [0.1, 0.15) is 0 Å². The third kappa shape index (κ3) is 3.20. The Morgan fingerprint density at radius 2 is 1.17 bits per heavy atom. The van der Waals surface area contributed by atoms with Crippen LogP contribution in [0.25, 0.3) is 31.3 Å². The molecule has 0 N–H and O–H groups in total. The van der Waals surface area contributed by atoms with E-state index in [1.165, 1.54) is 22.5 Å². The Morgan fingerprint density at radius 1 is 0.571 bits per heavy atom. The molecule has 0 radical (unpaired) electrons. The summed E-state index contributed by atoms with van der Waals surface area (Å²) in [5.74, 6) is 0. The van der Waals surface area contributed by atoms with E-state index in [0.29, 0.717) is 0 Å². The number of nitrogens with zero attached hydrogens (tertiary/aromatic N) is 1. The number of anilines is 3. The van der Waals surface area contributed by atoms with Crippen molar-refractivity contribution in [2.75, 3.05) is 4.90 Å². The Hall–Kier alpha value is -4.21. The molecular formula is C32H21NOS. The second-order valence-electron chi connectivity index (χ2n) is 8.93. The van der Waals surface area contributed by atoms with Gasteiger partial charge in [-0.05, 0) is 59.2 Å². The van der Waals surface area contributed by atoms with Crippen LogP contribution < -0.4 is 10.3 Å². The molecule has 1 aliphatic rings. The van der Waals surface area contributed by atoms with Crippen molar-refractivity contribution >= 4 is 48.6 Å². The molecule has 5 aromatic carbocycles. The first-order chi connectivity index (χ1) is 17.3. The molecule has 0 bridgehead atoms. The smallest absolute Gasteiger partial charge is 0.195 e. The summed E-state index contributed by atoms with van der Waals surface area (Å²) < 4.78 is 2.04. The molecule has 1 aliphatic heterocycles. The second kappa shape index (κ2) is 7.93. The highest BCUT2D eigenvalue weighted by atomic mass is 32.1. The van der Waals surface area contributed by atoms with Crippen molar-refractivity contribution in [1.29, 1.82) is 0 Å². The first-order valence-electron chi connectivity index (χ1n) is 11.8. The van der Waals surface area contributed by atoms with Gasteiger partial charge in [-0.15, -0.1) is 11.3 Å². The third-order valence-electron chi connectivity index (χ3n) is 6.88. The molecule has 2 heterocycles. The van der Waals surface area contributed by atoms with E-state index in [0.717, 1.165) is 43.4 Å². The highest BCUT2D eigenvalue weighted by molar-refractivity contribution is 7.24. The van der Waals surface area contributed by atoms with E-state index in [-0.39, 0.29) is 5.43 Å². The molecule has 35 heavy (non-hydrogen) atoms. The molecule has 0 unspecified atom stereocenters. The Bertz CT molecular complexity index is 1770. The predicted octanol–water partition coefficient (Wildman–Crippen LogP) is 8.46. The summed E-state index contributed by atoms with van der Waals surface area (Å²) in [5.41, 5.74) is 8.41. The minimum absolute atomic E-state index is 0.0994. The van der Waals surface area contributed by atoms with E-state index < -0.39 is 0 Å². The summed E-state index contributed by atoms with van der Waals surface area (Å²) in [5, 5.41) is 1.56. The van der Waals surface area contributed by atoms with E-state index in [4.69, 9.17) is 0 Å². The van der Waals surface area contributed by atoms with Crippen molar-refractivity contribution in [2.45, 2.75) is 6.42 Å². The van der Waals surface area contributed by atoms with E-state index >= 15 is 0 Å². The quantitative estimate of drug-likeness (QED) is 0.238. The third-order valence-corrected chi connectivity index (χ3v) is 8.03. The van der Waals surface area contributed by atoms with E-state index in [1.54, 1.807) is 11.3 Å². The maximum atomic E-state index is 13.4. The van der Waals surface area contributed by atoms with E-state index in [2.05, 4.69) is 95.9 Å². The summed E-state index contributed by atoms with van der Waals surface area (Å²) >= 11 is 1.67. The highest BCUT2D eigenvalue weighted by Gasteiger charge is 2.25. The SMILES string of the molecule is O=c1c2ccccc2sc2ccc(-c3ccccc3N3c4ccccc4Cc4ccccc43)cc12. The Kier molecular flexibility index (Phi) is 4.58. The Balaban J connectivity index is 1.47. The van der Waals surface area contributed by atoms with Crippen molar-refractivity contribution in [3.63, 3.8) is 0 Å². The van der Waals surface area contributed by atoms with Crippen LogP contribution in [0.15, 0.2) is 120 Å². The van der Waals surface area contributed by atoms with Crippen molar-refractivity contribution in [1.82, 2.24) is 0 Å². The molecule has 2 nitrogen and oxygen atoms in total. The Labute approximate surface area is 207 Å². The highest BCUT2D eigenvalue weighted by Crippen LogP contribution is 2.47. The molecule has 0 saturated carbocycles. The van der Waals surface area contributed by atoms with E-state index in [9.17, 15) is 4.79 Å². The lowest BCUT2D eigenvalue weighted by Crippen LogP contribution is -2.19. The lowest BCUT2D eigenvalue weighted by atomic mass is 9.93. The molecule has 0 atom stereocenters. The molecule has 0 saturated heterocycles. The van der Waals surface area contributed by atoms with Crippen LogP contribution in [0.5, 0.6) is 0 Å². The maximum Gasteiger partial charge on any atom is 0.195 e.